The van der Waals surface area contributed by atoms with Crippen LogP contribution in [0.3, 0.4) is 0 Å². The van der Waals surface area contributed by atoms with Crippen molar-refractivity contribution in [3.63, 3.8) is 0 Å². The van der Waals surface area contributed by atoms with Crippen LogP contribution in [0.1, 0.15) is 45.4 Å². The van der Waals surface area contributed by atoms with Crippen molar-refractivity contribution < 1.29 is 23.9 Å². The number of nitrogens with zero attached hydrogens (tertiary/aromatic N) is 1. The smallest absolute Gasteiger partial charge is 0.331 e. The highest BCUT2D eigenvalue weighted by atomic mass is 16.5. The van der Waals surface area contributed by atoms with Gasteiger partial charge in [0, 0.05) is 18.7 Å². The van der Waals surface area contributed by atoms with Crippen molar-refractivity contribution in [2.75, 3.05) is 25.2 Å². The van der Waals surface area contributed by atoms with Gasteiger partial charge >= 0.3 is 5.97 Å². The summed E-state index contributed by atoms with van der Waals surface area (Å²) < 4.78 is 10.4. The molecule has 2 amide bonds. The lowest BCUT2D eigenvalue weighted by atomic mass is 9.81. The van der Waals surface area contributed by atoms with Crippen LogP contribution in [0.25, 0.3) is 0 Å². The molecule has 1 atom stereocenters. The molecule has 1 aromatic carbocycles. The summed E-state index contributed by atoms with van der Waals surface area (Å²) in [5.41, 5.74) is -0.219. The summed E-state index contributed by atoms with van der Waals surface area (Å²) in [5, 5.41) is 2.93. The van der Waals surface area contributed by atoms with Crippen LogP contribution in [0.2, 0.25) is 0 Å². The first kappa shape index (κ1) is 20.2. The SMILES string of the molecule is CCOc1ccc(N2CC(C(=O)NC3(C(=O)OC)CCCCC3)CC2=O)cc1. The highest BCUT2D eigenvalue weighted by Crippen LogP contribution is 2.32. The van der Waals surface area contributed by atoms with E-state index in [1.165, 1.54) is 7.11 Å². The molecule has 1 unspecified atom stereocenters. The topological polar surface area (TPSA) is 84.9 Å². The number of carbonyl (C=O) groups excluding carboxylic acids is 3. The fourth-order valence-electron chi connectivity index (χ4n) is 4.09. The molecular formula is C21H28N2O5. The standard InChI is InChI=1S/C21H28N2O5/c1-3-28-17-9-7-16(8-10-17)23-14-15(13-18(23)24)19(25)22-21(20(26)27-2)11-5-4-6-12-21/h7-10,15H,3-6,11-14H2,1-2H3,(H,22,25). The maximum atomic E-state index is 12.9. The average Bonchev–Trinajstić information content (AvgIpc) is 3.11. The molecule has 7 nitrogen and oxygen atoms in total. The Balaban J connectivity index is 1.68. The number of nitrogens with one attached hydrogen (secondary N) is 1. The van der Waals surface area contributed by atoms with Gasteiger partial charge in [-0.05, 0) is 44.0 Å². The van der Waals surface area contributed by atoms with E-state index < -0.39 is 17.4 Å². The monoisotopic (exact) mass is 388 g/mol. The summed E-state index contributed by atoms with van der Waals surface area (Å²) in [6, 6.07) is 7.27. The van der Waals surface area contributed by atoms with Crippen molar-refractivity contribution in [3.05, 3.63) is 24.3 Å². The number of hydrogen-bond donors (Lipinski definition) is 1. The normalized spacial score (nSPS) is 21.3. The van der Waals surface area contributed by atoms with Crippen LogP contribution in [0.5, 0.6) is 5.75 Å². The molecule has 1 saturated carbocycles. The van der Waals surface area contributed by atoms with Crippen molar-refractivity contribution >= 4 is 23.5 Å². The van der Waals surface area contributed by atoms with Gasteiger partial charge in [0.05, 0.1) is 19.6 Å². The Hall–Kier alpha value is -2.57. The summed E-state index contributed by atoms with van der Waals surface area (Å²) >= 11 is 0. The van der Waals surface area contributed by atoms with E-state index in [9.17, 15) is 14.4 Å². The van der Waals surface area contributed by atoms with Crippen molar-refractivity contribution in [1.29, 1.82) is 0 Å². The van der Waals surface area contributed by atoms with Crippen molar-refractivity contribution in [2.24, 2.45) is 5.92 Å². The highest BCUT2D eigenvalue weighted by molar-refractivity contribution is 6.01. The van der Waals surface area contributed by atoms with Crippen molar-refractivity contribution in [3.8, 4) is 5.75 Å². The maximum Gasteiger partial charge on any atom is 0.331 e. The van der Waals surface area contributed by atoms with Crippen LogP contribution in [0, 0.1) is 5.92 Å². The first-order chi connectivity index (χ1) is 13.5. The largest absolute Gasteiger partial charge is 0.494 e. The fraction of sp³-hybridized carbons (Fsp3) is 0.571. The Bertz CT molecular complexity index is 725. The van der Waals surface area contributed by atoms with Crippen LogP contribution in [-0.2, 0) is 19.1 Å². The number of methoxy groups -OCH3 is 1. The van der Waals surface area contributed by atoms with Gasteiger partial charge in [0.1, 0.15) is 11.3 Å². The van der Waals surface area contributed by atoms with Crippen LogP contribution in [-0.4, -0.2) is 43.6 Å². The molecule has 7 heteroatoms. The minimum atomic E-state index is -0.959. The third-order valence-corrected chi connectivity index (χ3v) is 5.60. The van der Waals surface area contributed by atoms with E-state index in [2.05, 4.69) is 5.32 Å². The molecule has 1 heterocycles. The van der Waals surface area contributed by atoms with E-state index in [1.807, 2.05) is 31.2 Å². The molecule has 1 aliphatic carbocycles. The quantitative estimate of drug-likeness (QED) is 0.757. The molecule has 0 spiro atoms. The van der Waals surface area contributed by atoms with Gasteiger partial charge in [0.2, 0.25) is 11.8 Å². The van der Waals surface area contributed by atoms with Crippen LogP contribution in [0.15, 0.2) is 24.3 Å². The lowest BCUT2D eigenvalue weighted by molar-refractivity contribution is -0.153. The minimum Gasteiger partial charge on any atom is -0.494 e. The molecule has 3 rings (SSSR count). The summed E-state index contributed by atoms with van der Waals surface area (Å²) in [6.45, 7) is 2.79. The number of benzene rings is 1. The van der Waals surface area contributed by atoms with E-state index in [4.69, 9.17) is 9.47 Å². The molecule has 1 aliphatic heterocycles. The average molecular weight is 388 g/mol. The van der Waals surface area contributed by atoms with E-state index in [-0.39, 0.29) is 18.2 Å². The Labute approximate surface area is 165 Å². The summed E-state index contributed by atoms with van der Waals surface area (Å²) in [4.78, 5) is 39.3. The third kappa shape index (κ3) is 4.13. The van der Waals surface area contributed by atoms with Crippen molar-refractivity contribution in [1.82, 2.24) is 5.32 Å². The van der Waals surface area contributed by atoms with Gasteiger partial charge in [0.15, 0.2) is 0 Å². The minimum absolute atomic E-state index is 0.0972. The Kier molecular flexibility index (Phi) is 6.21. The maximum absolute atomic E-state index is 12.9. The third-order valence-electron chi connectivity index (χ3n) is 5.60. The van der Waals surface area contributed by atoms with Gasteiger partial charge in [-0.1, -0.05) is 19.3 Å². The predicted molar refractivity (Wildman–Crippen MR) is 104 cm³/mol. The van der Waals surface area contributed by atoms with E-state index in [0.29, 0.717) is 26.0 Å². The first-order valence-electron chi connectivity index (χ1n) is 9.93. The molecule has 1 N–H and O–H groups in total. The summed E-state index contributed by atoms with van der Waals surface area (Å²) in [6.07, 6.45) is 4.08. The molecule has 0 bridgehead atoms. The van der Waals surface area contributed by atoms with Gasteiger partial charge in [-0.25, -0.2) is 4.79 Å². The number of esters is 1. The summed E-state index contributed by atoms with van der Waals surface area (Å²) in [5.74, 6) is -0.491. The Morgan fingerprint density at radius 3 is 2.46 bits per heavy atom. The molecule has 0 radical (unpaired) electrons. The molecule has 28 heavy (non-hydrogen) atoms. The first-order valence-corrected chi connectivity index (χ1v) is 9.93. The number of ether oxygens (including phenoxy) is 2. The van der Waals surface area contributed by atoms with Crippen LogP contribution in [0.4, 0.5) is 5.69 Å². The number of amides is 2. The second kappa shape index (κ2) is 8.63. The highest BCUT2D eigenvalue weighted by Gasteiger charge is 2.44. The van der Waals surface area contributed by atoms with E-state index in [1.54, 1.807) is 4.90 Å². The zero-order valence-corrected chi connectivity index (χ0v) is 16.5. The molecule has 2 fully saturated rings. The molecule has 1 saturated heterocycles. The zero-order valence-electron chi connectivity index (χ0n) is 16.5. The second-order valence-corrected chi connectivity index (χ2v) is 7.46. The molecular weight excluding hydrogens is 360 g/mol. The molecule has 2 aliphatic rings. The number of carbonyl (C=O) groups is 3. The number of hydrogen-bond acceptors (Lipinski definition) is 5. The lowest BCUT2D eigenvalue weighted by Crippen LogP contribution is -2.57. The molecule has 152 valence electrons. The molecule has 0 aromatic heterocycles. The Morgan fingerprint density at radius 2 is 1.86 bits per heavy atom. The number of rotatable bonds is 6. The van der Waals surface area contributed by atoms with Crippen LogP contribution >= 0.6 is 0 Å². The summed E-state index contributed by atoms with van der Waals surface area (Å²) in [7, 11) is 1.34. The van der Waals surface area contributed by atoms with Crippen molar-refractivity contribution in [2.45, 2.75) is 51.0 Å². The molecule has 1 aromatic rings. The lowest BCUT2D eigenvalue weighted by Gasteiger charge is -2.35. The van der Waals surface area contributed by atoms with Gasteiger partial charge in [-0.2, -0.15) is 0 Å². The van der Waals surface area contributed by atoms with Gasteiger partial charge in [-0.15, -0.1) is 0 Å². The predicted octanol–water partition coefficient (Wildman–Crippen LogP) is 2.43. The second-order valence-electron chi connectivity index (χ2n) is 7.46. The van der Waals surface area contributed by atoms with Gasteiger partial charge in [0.25, 0.3) is 0 Å². The van der Waals surface area contributed by atoms with E-state index >= 15 is 0 Å². The van der Waals surface area contributed by atoms with E-state index in [0.717, 1.165) is 30.7 Å². The van der Waals surface area contributed by atoms with Gasteiger partial charge < -0.3 is 19.7 Å². The van der Waals surface area contributed by atoms with Crippen LogP contribution < -0.4 is 15.0 Å². The zero-order chi connectivity index (χ0) is 20.1. The van der Waals surface area contributed by atoms with Gasteiger partial charge in [-0.3, -0.25) is 9.59 Å². The fourth-order valence-corrected chi connectivity index (χ4v) is 4.09. The Morgan fingerprint density at radius 1 is 1.18 bits per heavy atom. The number of anilines is 1.